The Labute approximate surface area is 122 Å². The van der Waals surface area contributed by atoms with Crippen LogP contribution in [0.2, 0.25) is 0 Å². The van der Waals surface area contributed by atoms with E-state index in [1.807, 2.05) is 54.6 Å². The molecule has 0 aliphatic heterocycles. The lowest BCUT2D eigenvalue weighted by atomic mass is 10.1. The number of rotatable bonds is 3. The van der Waals surface area contributed by atoms with Crippen molar-refractivity contribution in [3.8, 4) is 0 Å². The van der Waals surface area contributed by atoms with Crippen LogP contribution in [-0.4, -0.2) is 10.9 Å². The molecule has 104 valence electrons. The van der Waals surface area contributed by atoms with E-state index < -0.39 is 6.04 Å². The number of hydrogen-bond acceptors (Lipinski definition) is 3. The molecule has 1 aromatic heterocycles. The van der Waals surface area contributed by atoms with Gasteiger partial charge in [0, 0.05) is 28.9 Å². The molecule has 2 aromatic carbocycles. The number of amides is 1. The molecule has 4 heteroatoms. The first-order chi connectivity index (χ1) is 10.3. The molecule has 0 fully saturated rings. The van der Waals surface area contributed by atoms with E-state index in [-0.39, 0.29) is 5.91 Å². The number of nitrogens with zero attached hydrogens (tertiary/aromatic N) is 1. The first-order valence-electron chi connectivity index (χ1n) is 6.70. The van der Waals surface area contributed by atoms with Gasteiger partial charge in [-0.25, -0.2) is 0 Å². The number of nitrogens with two attached hydrogens (primary N) is 1. The average Bonchev–Trinajstić information content (AvgIpc) is 2.55. The highest BCUT2D eigenvalue weighted by Gasteiger charge is 2.16. The highest BCUT2D eigenvalue weighted by Crippen LogP contribution is 2.23. The van der Waals surface area contributed by atoms with Crippen LogP contribution in [0.15, 0.2) is 67.0 Å². The molecule has 3 aromatic rings. The van der Waals surface area contributed by atoms with Crippen molar-refractivity contribution in [2.45, 2.75) is 6.04 Å². The molecule has 1 heterocycles. The SMILES string of the molecule is NC(C(=O)Nc1cccc2cnccc12)c1ccccc1. The largest absolute Gasteiger partial charge is 0.324 e. The summed E-state index contributed by atoms with van der Waals surface area (Å²) in [7, 11) is 0. The number of carbonyl (C=O) groups is 1. The van der Waals surface area contributed by atoms with E-state index in [0.29, 0.717) is 0 Å². The normalized spacial score (nSPS) is 12.0. The average molecular weight is 277 g/mol. The van der Waals surface area contributed by atoms with Crippen LogP contribution in [-0.2, 0) is 4.79 Å². The highest BCUT2D eigenvalue weighted by atomic mass is 16.2. The molecule has 0 saturated heterocycles. The van der Waals surface area contributed by atoms with Gasteiger partial charge in [-0.15, -0.1) is 0 Å². The summed E-state index contributed by atoms with van der Waals surface area (Å²) in [5.41, 5.74) is 7.54. The minimum atomic E-state index is -0.691. The van der Waals surface area contributed by atoms with Crippen molar-refractivity contribution < 1.29 is 4.79 Å². The summed E-state index contributed by atoms with van der Waals surface area (Å²) in [5.74, 6) is -0.231. The fourth-order valence-electron chi connectivity index (χ4n) is 2.25. The third-order valence-corrected chi connectivity index (χ3v) is 3.38. The van der Waals surface area contributed by atoms with Gasteiger partial charge >= 0.3 is 0 Å². The van der Waals surface area contributed by atoms with E-state index in [0.717, 1.165) is 22.0 Å². The van der Waals surface area contributed by atoms with Crippen LogP contribution in [0.5, 0.6) is 0 Å². The molecule has 3 rings (SSSR count). The van der Waals surface area contributed by atoms with Crippen molar-refractivity contribution in [1.29, 1.82) is 0 Å². The van der Waals surface area contributed by atoms with Gasteiger partial charge in [0.05, 0.1) is 0 Å². The second-order valence-electron chi connectivity index (χ2n) is 4.78. The number of carbonyl (C=O) groups excluding carboxylic acids is 1. The zero-order valence-electron chi connectivity index (χ0n) is 11.4. The van der Waals surface area contributed by atoms with E-state index in [9.17, 15) is 4.79 Å². The highest BCUT2D eigenvalue weighted by molar-refractivity contribution is 6.03. The van der Waals surface area contributed by atoms with E-state index in [1.165, 1.54) is 0 Å². The fraction of sp³-hybridized carbons (Fsp3) is 0.0588. The van der Waals surface area contributed by atoms with Crippen molar-refractivity contribution in [2.75, 3.05) is 5.32 Å². The monoisotopic (exact) mass is 277 g/mol. The first-order valence-corrected chi connectivity index (χ1v) is 6.70. The molecule has 0 aliphatic carbocycles. The number of aromatic nitrogens is 1. The van der Waals surface area contributed by atoms with Crippen molar-refractivity contribution >= 4 is 22.4 Å². The van der Waals surface area contributed by atoms with Gasteiger partial charge in [-0.1, -0.05) is 42.5 Å². The molecule has 0 radical (unpaired) electrons. The van der Waals surface area contributed by atoms with Crippen molar-refractivity contribution in [3.05, 3.63) is 72.6 Å². The summed E-state index contributed by atoms with van der Waals surface area (Å²) in [4.78, 5) is 16.4. The standard InChI is InChI=1S/C17H15N3O/c18-16(12-5-2-1-3-6-12)17(21)20-15-8-4-7-13-11-19-10-9-14(13)15/h1-11,16H,18H2,(H,20,21). The lowest BCUT2D eigenvalue weighted by Gasteiger charge is -2.14. The Kier molecular flexibility index (Phi) is 3.62. The minimum absolute atomic E-state index is 0.231. The van der Waals surface area contributed by atoms with Gasteiger partial charge in [-0.3, -0.25) is 9.78 Å². The molecule has 3 N–H and O–H groups in total. The summed E-state index contributed by atoms with van der Waals surface area (Å²) < 4.78 is 0. The molecule has 0 bridgehead atoms. The molecule has 1 atom stereocenters. The third kappa shape index (κ3) is 2.75. The molecule has 0 spiro atoms. The second kappa shape index (κ2) is 5.73. The summed E-state index contributed by atoms with van der Waals surface area (Å²) in [6, 6.07) is 16.2. The predicted molar refractivity (Wildman–Crippen MR) is 83.7 cm³/mol. The Morgan fingerprint density at radius 2 is 1.86 bits per heavy atom. The lowest BCUT2D eigenvalue weighted by molar-refractivity contribution is -0.117. The van der Waals surface area contributed by atoms with E-state index in [1.54, 1.807) is 12.4 Å². The molecule has 4 nitrogen and oxygen atoms in total. The Morgan fingerprint density at radius 1 is 1.05 bits per heavy atom. The fourth-order valence-corrected chi connectivity index (χ4v) is 2.25. The maximum Gasteiger partial charge on any atom is 0.245 e. The number of hydrogen-bond donors (Lipinski definition) is 2. The number of benzene rings is 2. The van der Waals surface area contributed by atoms with Gasteiger partial charge in [0.2, 0.25) is 5.91 Å². The number of fused-ring (bicyclic) bond motifs is 1. The second-order valence-corrected chi connectivity index (χ2v) is 4.78. The van der Waals surface area contributed by atoms with Crippen LogP contribution < -0.4 is 11.1 Å². The summed E-state index contributed by atoms with van der Waals surface area (Å²) in [6.45, 7) is 0. The zero-order chi connectivity index (χ0) is 14.7. The number of anilines is 1. The van der Waals surface area contributed by atoms with Crippen LogP contribution in [0.25, 0.3) is 10.8 Å². The summed E-state index contributed by atoms with van der Waals surface area (Å²) >= 11 is 0. The zero-order valence-corrected chi connectivity index (χ0v) is 11.4. The van der Waals surface area contributed by atoms with Gasteiger partial charge < -0.3 is 11.1 Å². The quantitative estimate of drug-likeness (QED) is 0.773. The Balaban J connectivity index is 1.87. The topological polar surface area (TPSA) is 68.0 Å². The first kappa shape index (κ1) is 13.3. The van der Waals surface area contributed by atoms with E-state index in [4.69, 9.17) is 5.73 Å². The lowest BCUT2D eigenvalue weighted by Crippen LogP contribution is -2.27. The predicted octanol–water partition coefficient (Wildman–Crippen LogP) is 2.87. The molecule has 21 heavy (non-hydrogen) atoms. The van der Waals surface area contributed by atoms with Crippen molar-refractivity contribution in [3.63, 3.8) is 0 Å². The van der Waals surface area contributed by atoms with Crippen molar-refractivity contribution in [1.82, 2.24) is 4.98 Å². The minimum Gasteiger partial charge on any atom is -0.324 e. The Morgan fingerprint density at radius 3 is 2.67 bits per heavy atom. The molecule has 0 saturated carbocycles. The van der Waals surface area contributed by atoms with Gasteiger partial charge in [0.15, 0.2) is 0 Å². The molecular formula is C17H15N3O. The summed E-state index contributed by atoms with van der Waals surface area (Å²) in [5, 5.41) is 4.81. The van der Waals surface area contributed by atoms with E-state index >= 15 is 0 Å². The smallest absolute Gasteiger partial charge is 0.245 e. The van der Waals surface area contributed by atoms with Crippen molar-refractivity contribution in [2.24, 2.45) is 5.73 Å². The third-order valence-electron chi connectivity index (χ3n) is 3.38. The van der Waals surface area contributed by atoms with Gasteiger partial charge in [-0.05, 0) is 17.7 Å². The maximum absolute atomic E-state index is 12.3. The molecule has 1 amide bonds. The molecule has 1 unspecified atom stereocenters. The number of pyridine rings is 1. The molecular weight excluding hydrogens is 262 g/mol. The van der Waals surface area contributed by atoms with Gasteiger partial charge in [-0.2, -0.15) is 0 Å². The maximum atomic E-state index is 12.3. The van der Waals surface area contributed by atoms with E-state index in [2.05, 4.69) is 10.3 Å². The van der Waals surface area contributed by atoms with Crippen LogP contribution >= 0.6 is 0 Å². The number of nitrogens with one attached hydrogen (secondary N) is 1. The Bertz CT molecular complexity index is 766. The van der Waals surface area contributed by atoms with Crippen LogP contribution in [0.3, 0.4) is 0 Å². The van der Waals surface area contributed by atoms with Gasteiger partial charge in [0.25, 0.3) is 0 Å². The van der Waals surface area contributed by atoms with Crippen LogP contribution in [0.1, 0.15) is 11.6 Å². The van der Waals surface area contributed by atoms with Gasteiger partial charge in [0.1, 0.15) is 6.04 Å². The van der Waals surface area contributed by atoms with Crippen LogP contribution in [0, 0.1) is 0 Å². The summed E-state index contributed by atoms with van der Waals surface area (Å²) in [6.07, 6.45) is 3.47. The Hall–Kier alpha value is -2.72. The van der Waals surface area contributed by atoms with Crippen LogP contribution in [0.4, 0.5) is 5.69 Å². The molecule has 0 aliphatic rings.